The molecule has 0 radical (unpaired) electrons. The van der Waals surface area contributed by atoms with Crippen molar-refractivity contribution in [1.82, 2.24) is 5.32 Å². The van der Waals surface area contributed by atoms with Gasteiger partial charge in [0.2, 0.25) is 0 Å². The first kappa shape index (κ1) is 15.1. The quantitative estimate of drug-likeness (QED) is 0.719. The first-order chi connectivity index (χ1) is 10.2. The smallest absolute Gasteiger partial charge is 0.124 e. The van der Waals surface area contributed by atoms with Gasteiger partial charge in [-0.15, -0.1) is 0 Å². The van der Waals surface area contributed by atoms with Crippen molar-refractivity contribution in [3.05, 3.63) is 62.5 Å². The number of nitrogens with one attached hydrogen (secondary N) is 1. The summed E-state index contributed by atoms with van der Waals surface area (Å²) in [6.07, 6.45) is 2.59. The first-order valence-electron chi connectivity index (χ1n) is 7.10. The van der Waals surface area contributed by atoms with Gasteiger partial charge in [-0.1, -0.05) is 44.0 Å². The van der Waals surface area contributed by atoms with Crippen LogP contribution in [0.1, 0.15) is 24.0 Å². The Balaban J connectivity index is 1.66. The van der Waals surface area contributed by atoms with Crippen LogP contribution >= 0.6 is 31.9 Å². The van der Waals surface area contributed by atoms with Crippen LogP contribution in [0.15, 0.2) is 51.4 Å². The van der Waals surface area contributed by atoms with Crippen molar-refractivity contribution in [3.8, 4) is 5.75 Å². The van der Waals surface area contributed by atoms with Crippen molar-refractivity contribution in [1.29, 1.82) is 0 Å². The van der Waals surface area contributed by atoms with E-state index in [1.165, 1.54) is 24.0 Å². The van der Waals surface area contributed by atoms with Gasteiger partial charge in [0.15, 0.2) is 0 Å². The molecular formula is C17H17Br2NO. The molecule has 3 rings (SSSR count). The number of ether oxygens (including phenoxy) is 1. The van der Waals surface area contributed by atoms with Gasteiger partial charge in [-0.3, -0.25) is 0 Å². The number of hydrogen-bond donors (Lipinski definition) is 1. The zero-order valence-electron chi connectivity index (χ0n) is 11.6. The summed E-state index contributed by atoms with van der Waals surface area (Å²) in [5, 5.41) is 3.54. The summed E-state index contributed by atoms with van der Waals surface area (Å²) in [6.45, 7) is 1.45. The Kier molecular flexibility index (Phi) is 4.99. The minimum Gasteiger partial charge on any atom is -0.489 e. The molecule has 1 fully saturated rings. The second-order valence-corrected chi connectivity index (χ2v) is 7.15. The summed E-state index contributed by atoms with van der Waals surface area (Å²) < 4.78 is 8.17. The van der Waals surface area contributed by atoms with E-state index in [1.807, 2.05) is 24.3 Å². The molecule has 2 nitrogen and oxygen atoms in total. The lowest BCUT2D eigenvalue weighted by atomic mass is 10.2. The Morgan fingerprint density at radius 1 is 1.00 bits per heavy atom. The predicted octanol–water partition coefficient (Wildman–Crippen LogP) is 5.04. The fourth-order valence-electron chi connectivity index (χ4n) is 2.11. The van der Waals surface area contributed by atoms with Crippen LogP contribution in [0, 0.1) is 0 Å². The molecule has 0 saturated heterocycles. The second-order valence-electron chi connectivity index (χ2n) is 5.32. The highest BCUT2D eigenvalue weighted by Gasteiger charge is 2.20. The highest BCUT2D eigenvalue weighted by molar-refractivity contribution is 9.10. The molecule has 1 N–H and O–H groups in total. The van der Waals surface area contributed by atoms with Gasteiger partial charge >= 0.3 is 0 Å². The van der Waals surface area contributed by atoms with Crippen LogP contribution in [-0.2, 0) is 13.2 Å². The summed E-state index contributed by atoms with van der Waals surface area (Å²) in [5.41, 5.74) is 2.37. The van der Waals surface area contributed by atoms with Gasteiger partial charge in [0.25, 0.3) is 0 Å². The van der Waals surface area contributed by atoms with Crippen molar-refractivity contribution in [2.45, 2.75) is 32.0 Å². The molecular weight excluding hydrogens is 394 g/mol. The van der Waals surface area contributed by atoms with Crippen LogP contribution in [-0.4, -0.2) is 6.04 Å². The molecule has 4 heteroatoms. The van der Waals surface area contributed by atoms with Gasteiger partial charge in [0, 0.05) is 27.1 Å². The fraction of sp³-hybridized carbons (Fsp3) is 0.294. The van der Waals surface area contributed by atoms with Crippen LogP contribution in [0.25, 0.3) is 0 Å². The largest absolute Gasteiger partial charge is 0.489 e. The molecule has 0 heterocycles. The SMILES string of the molecule is Brc1ccc(COc2ccc(Br)cc2CNC2CC2)cc1. The Morgan fingerprint density at radius 3 is 2.43 bits per heavy atom. The Bertz CT molecular complexity index is 609. The number of halogens is 2. The van der Waals surface area contributed by atoms with Gasteiger partial charge in [0.05, 0.1) is 0 Å². The minimum absolute atomic E-state index is 0.589. The summed E-state index contributed by atoms with van der Waals surface area (Å²) in [6, 6.07) is 15.1. The average molecular weight is 411 g/mol. The Labute approximate surface area is 142 Å². The molecule has 1 aliphatic rings. The number of rotatable bonds is 6. The van der Waals surface area contributed by atoms with Crippen LogP contribution < -0.4 is 10.1 Å². The van der Waals surface area contributed by atoms with Crippen molar-refractivity contribution < 1.29 is 4.74 Å². The van der Waals surface area contributed by atoms with Gasteiger partial charge < -0.3 is 10.1 Å². The van der Waals surface area contributed by atoms with E-state index in [2.05, 4.69) is 55.4 Å². The molecule has 0 atom stereocenters. The average Bonchev–Trinajstić information content (AvgIpc) is 3.30. The lowest BCUT2D eigenvalue weighted by molar-refractivity contribution is 0.302. The second kappa shape index (κ2) is 6.95. The van der Waals surface area contributed by atoms with E-state index in [4.69, 9.17) is 4.74 Å². The first-order valence-corrected chi connectivity index (χ1v) is 8.68. The van der Waals surface area contributed by atoms with Crippen LogP contribution in [0.3, 0.4) is 0 Å². The predicted molar refractivity (Wildman–Crippen MR) is 92.5 cm³/mol. The van der Waals surface area contributed by atoms with Crippen molar-refractivity contribution in [2.24, 2.45) is 0 Å². The molecule has 0 amide bonds. The van der Waals surface area contributed by atoms with E-state index < -0.39 is 0 Å². The highest BCUT2D eigenvalue weighted by Crippen LogP contribution is 2.26. The van der Waals surface area contributed by atoms with Crippen LogP contribution in [0.2, 0.25) is 0 Å². The molecule has 1 aliphatic carbocycles. The molecule has 21 heavy (non-hydrogen) atoms. The van der Waals surface area contributed by atoms with Crippen LogP contribution in [0.4, 0.5) is 0 Å². The fourth-order valence-corrected chi connectivity index (χ4v) is 2.78. The van der Waals surface area contributed by atoms with Gasteiger partial charge in [-0.2, -0.15) is 0 Å². The maximum atomic E-state index is 5.99. The molecule has 2 aromatic carbocycles. The third-order valence-corrected chi connectivity index (χ3v) is 4.51. The lowest BCUT2D eigenvalue weighted by Crippen LogP contribution is -2.16. The molecule has 0 bridgehead atoms. The standard InChI is InChI=1S/C17H17Br2NO/c18-14-3-1-12(2-4-14)11-21-17-8-5-15(19)9-13(17)10-20-16-6-7-16/h1-5,8-9,16,20H,6-7,10-11H2. The maximum absolute atomic E-state index is 5.99. The van der Waals surface area contributed by atoms with Gasteiger partial charge in [-0.05, 0) is 48.7 Å². The Morgan fingerprint density at radius 2 is 1.71 bits per heavy atom. The minimum atomic E-state index is 0.589. The molecule has 0 unspecified atom stereocenters. The maximum Gasteiger partial charge on any atom is 0.124 e. The zero-order valence-corrected chi connectivity index (χ0v) is 14.8. The highest BCUT2D eigenvalue weighted by atomic mass is 79.9. The van der Waals surface area contributed by atoms with Crippen molar-refractivity contribution in [3.63, 3.8) is 0 Å². The summed E-state index contributed by atoms with van der Waals surface area (Å²) in [7, 11) is 0. The molecule has 110 valence electrons. The summed E-state index contributed by atoms with van der Waals surface area (Å²) in [4.78, 5) is 0. The van der Waals surface area contributed by atoms with E-state index in [0.29, 0.717) is 12.6 Å². The summed E-state index contributed by atoms with van der Waals surface area (Å²) in [5.74, 6) is 0.953. The third-order valence-electron chi connectivity index (χ3n) is 3.49. The lowest BCUT2D eigenvalue weighted by Gasteiger charge is -2.13. The molecule has 0 aliphatic heterocycles. The molecule has 2 aromatic rings. The van der Waals surface area contributed by atoms with Crippen molar-refractivity contribution in [2.75, 3.05) is 0 Å². The molecule has 0 spiro atoms. The van der Waals surface area contributed by atoms with E-state index in [-0.39, 0.29) is 0 Å². The number of benzene rings is 2. The van der Waals surface area contributed by atoms with Crippen LogP contribution in [0.5, 0.6) is 5.75 Å². The van der Waals surface area contributed by atoms with E-state index in [0.717, 1.165) is 21.2 Å². The van der Waals surface area contributed by atoms with E-state index in [1.54, 1.807) is 0 Å². The number of hydrogen-bond acceptors (Lipinski definition) is 2. The van der Waals surface area contributed by atoms with Gasteiger partial charge in [-0.25, -0.2) is 0 Å². The van der Waals surface area contributed by atoms with Gasteiger partial charge in [0.1, 0.15) is 12.4 Å². The monoisotopic (exact) mass is 409 g/mol. The Hall–Kier alpha value is -0.840. The van der Waals surface area contributed by atoms with E-state index in [9.17, 15) is 0 Å². The zero-order chi connectivity index (χ0) is 14.7. The normalized spacial score (nSPS) is 14.2. The third kappa shape index (κ3) is 4.56. The van der Waals surface area contributed by atoms with E-state index >= 15 is 0 Å². The molecule has 0 aromatic heterocycles. The summed E-state index contributed by atoms with van der Waals surface area (Å²) >= 11 is 6.98. The van der Waals surface area contributed by atoms with Crippen molar-refractivity contribution >= 4 is 31.9 Å². The molecule has 1 saturated carbocycles. The topological polar surface area (TPSA) is 21.3 Å².